The van der Waals surface area contributed by atoms with Crippen molar-refractivity contribution in [2.45, 2.75) is 31.8 Å². The summed E-state index contributed by atoms with van der Waals surface area (Å²) in [4.78, 5) is 12.3. The number of aliphatic hydroxyl groups is 1. The SMILES string of the molecule is CC(CO)(NC(=O)c1cn(Cc2cccc(F)c2)nn1)C1CC1. The highest BCUT2D eigenvalue weighted by Crippen LogP contribution is 2.39. The lowest BCUT2D eigenvalue weighted by Crippen LogP contribution is -2.50. The molecule has 7 heteroatoms. The molecule has 0 aliphatic heterocycles. The highest BCUT2D eigenvalue weighted by atomic mass is 19.1. The summed E-state index contributed by atoms with van der Waals surface area (Å²) in [6.07, 6.45) is 3.53. The van der Waals surface area contributed by atoms with Crippen molar-refractivity contribution in [3.8, 4) is 0 Å². The van der Waals surface area contributed by atoms with Gasteiger partial charge in [0.2, 0.25) is 0 Å². The number of hydrogen-bond acceptors (Lipinski definition) is 4. The Hall–Kier alpha value is -2.28. The number of carbonyl (C=O) groups is 1. The average Bonchev–Trinajstić information content (AvgIpc) is 3.28. The maximum absolute atomic E-state index is 13.2. The number of aromatic nitrogens is 3. The van der Waals surface area contributed by atoms with Gasteiger partial charge in [0.15, 0.2) is 5.69 Å². The third-order valence-electron chi connectivity index (χ3n) is 4.21. The van der Waals surface area contributed by atoms with Crippen LogP contribution < -0.4 is 5.32 Å². The fourth-order valence-electron chi connectivity index (χ4n) is 2.62. The van der Waals surface area contributed by atoms with Crippen LogP contribution in [0.1, 0.15) is 35.8 Å². The Morgan fingerprint density at radius 2 is 2.30 bits per heavy atom. The fourth-order valence-corrected chi connectivity index (χ4v) is 2.62. The van der Waals surface area contributed by atoms with E-state index in [2.05, 4.69) is 15.6 Å². The minimum atomic E-state index is -0.622. The molecule has 1 unspecified atom stereocenters. The number of benzene rings is 1. The van der Waals surface area contributed by atoms with Gasteiger partial charge in [0.25, 0.3) is 5.91 Å². The molecule has 6 nitrogen and oxygen atoms in total. The van der Waals surface area contributed by atoms with Crippen molar-refractivity contribution in [1.82, 2.24) is 20.3 Å². The molecule has 0 spiro atoms. The van der Waals surface area contributed by atoms with Gasteiger partial charge in [-0.3, -0.25) is 4.79 Å². The van der Waals surface area contributed by atoms with E-state index in [0.717, 1.165) is 18.4 Å². The van der Waals surface area contributed by atoms with E-state index in [0.29, 0.717) is 12.5 Å². The second kappa shape index (κ2) is 6.08. The van der Waals surface area contributed by atoms with Crippen molar-refractivity contribution >= 4 is 5.91 Å². The normalized spacial score (nSPS) is 16.8. The van der Waals surface area contributed by atoms with Crippen molar-refractivity contribution in [2.24, 2.45) is 5.92 Å². The van der Waals surface area contributed by atoms with Gasteiger partial charge in [0.05, 0.1) is 24.9 Å². The molecule has 1 atom stereocenters. The molecule has 0 saturated heterocycles. The Morgan fingerprint density at radius 3 is 2.96 bits per heavy atom. The smallest absolute Gasteiger partial charge is 0.273 e. The lowest BCUT2D eigenvalue weighted by molar-refractivity contribution is 0.0819. The van der Waals surface area contributed by atoms with Crippen LogP contribution in [-0.2, 0) is 6.54 Å². The minimum absolute atomic E-state index is 0.110. The zero-order valence-corrected chi connectivity index (χ0v) is 12.9. The van der Waals surface area contributed by atoms with E-state index in [-0.39, 0.29) is 24.0 Å². The Bertz CT molecular complexity index is 714. The van der Waals surface area contributed by atoms with Gasteiger partial charge in [-0.05, 0) is 43.4 Å². The molecule has 0 bridgehead atoms. The molecule has 1 fully saturated rings. The highest BCUT2D eigenvalue weighted by molar-refractivity contribution is 5.92. The van der Waals surface area contributed by atoms with Gasteiger partial charge < -0.3 is 10.4 Å². The molecule has 0 radical (unpaired) electrons. The zero-order chi connectivity index (χ0) is 16.4. The van der Waals surface area contributed by atoms with E-state index in [9.17, 15) is 14.3 Å². The molecule has 1 aromatic carbocycles. The van der Waals surface area contributed by atoms with Gasteiger partial charge in [0.1, 0.15) is 5.82 Å². The van der Waals surface area contributed by atoms with Crippen LogP contribution in [0, 0.1) is 11.7 Å². The first-order chi connectivity index (χ1) is 11.0. The van der Waals surface area contributed by atoms with Crippen LogP contribution in [0.5, 0.6) is 0 Å². The topological polar surface area (TPSA) is 80.0 Å². The van der Waals surface area contributed by atoms with Crippen LogP contribution in [0.4, 0.5) is 4.39 Å². The van der Waals surface area contributed by atoms with Crippen LogP contribution in [0.2, 0.25) is 0 Å². The number of amides is 1. The number of halogens is 1. The van der Waals surface area contributed by atoms with Gasteiger partial charge in [-0.1, -0.05) is 17.3 Å². The number of nitrogens with one attached hydrogen (secondary N) is 1. The molecule has 1 heterocycles. The molecular formula is C16H19FN4O2. The van der Waals surface area contributed by atoms with Gasteiger partial charge >= 0.3 is 0 Å². The quantitative estimate of drug-likeness (QED) is 0.843. The molecule has 1 aromatic heterocycles. The Labute approximate surface area is 133 Å². The average molecular weight is 318 g/mol. The number of hydrogen-bond donors (Lipinski definition) is 2. The lowest BCUT2D eigenvalue weighted by Gasteiger charge is -2.28. The van der Waals surface area contributed by atoms with Gasteiger partial charge in [0, 0.05) is 0 Å². The van der Waals surface area contributed by atoms with Crippen LogP contribution in [-0.4, -0.2) is 38.2 Å². The molecule has 1 aliphatic carbocycles. The summed E-state index contributed by atoms with van der Waals surface area (Å²) in [6, 6.07) is 6.19. The third-order valence-corrected chi connectivity index (χ3v) is 4.21. The summed E-state index contributed by atoms with van der Waals surface area (Å²) in [7, 11) is 0. The van der Waals surface area contributed by atoms with Crippen molar-refractivity contribution in [1.29, 1.82) is 0 Å². The van der Waals surface area contributed by atoms with Gasteiger partial charge in [-0.2, -0.15) is 0 Å². The monoisotopic (exact) mass is 318 g/mol. The second-order valence-electron chi connectivity index (χ2n) is 6.24. The molecule has 122 valence electrons. The fraction of sp³-hybridized carbons (Fsp3) is 0.438. The first kappa shape index (κ1) is 15.6. The zero-order valence-electron chi connectivity index (χ0n) is 12.9. The van der Waals surface area contributed by atoms with Crippen molar-refractivity contribution in [2.75, 3.05) is 6.61 Å². The summed E-state index contributed by atoms with van der Waals surface area (Å²) in [5.74, 6) is -0.374. The van der Waals surface area contributed by atoms with E-state index in [1.807, 2.05) is 6.92 Å². The molecular weight excluding hydrogens is 299 g/mol. The van der Waals surface area contributed by atoms with Crippen LogP contribution in [0.25, 0.3) is 0 Å². The first-order valence-corrected chi connectivity index (χ1v) is 7.58. The molecule has 1 amide bonds. The van der Waals surface area contributed by atoms with E-state index in [4.69, 9.17) is 0 Å². The largest absolute Gasteiger partial charge is 0.394 e. The molecule has 1 saturated carbocycles. The van der Waals surface area contributed by atoms with Crippen LogP contribution in [0.15, 0.2) is 30.5 Å². The summed E-state index contributed by atoms with van der Waals surface area (Å²) in [5, 5.41) is 20.1. The molecule has 2 N–H and O–H groups in total. The Balaban J connectivity index is 1.67. The van der Waals surface area contributed by atoms with E-state index in [1.165, 1.54) is 23.0 Å². The molecule has 1 aliphatic rings. The van der Waals surface area contributed by atoms with Crippen molar-refractivity contribution in [3.05, 3.63) is 47.5 Å². The van der Waals surface area contributed by atoms with E-state index >= 15 is 0 Å². The van der Waals surface area contributed by atoms with Crippen LogP contribution in [0.3, 0.4) is 0 Å². The summed E-state index contributed by atoms with van der Waals surface area (Å²) in [5.41, 5.74) is 0.297. The molecule has 23 heavy (non-hydrogen) atoms. The number of aliphatic hydroxyl groups excluding tert-OH is 1. The summed E-state index contributed by atoms with van der Waals surface area (Å²) < 4.78 is 14.7. The van der Waals surface area contributed by atoms with Crippen LogP contribution >= 0.6 is 0 Å². The predicted octanol–water partition coefficient (Wildman–Crippen LogP) is 1.36. The molecule has 3 rings (SSSR count). The maximum Gasteiger partial charge on any atom is 0.273 e. The van der Waals surface area contributed by atoms with Gasteiger partial charge in [-0.15, -0.1) is 5.10 Å². The maximum atomic E-state index is 13.2. The predicted molar refractivity (Wildman–Crippen MR) is 81.2 cm³/mol. The van der Waals surface area contributed by atoms with Crippen molar-refractivity contribution < 1.29 is 14.3 Å². The third kappa shape index (κ3) is 3.56. The second-order valence-corrected chi connectivity index (χ2v) is 6.24. The summed E-state index contributed by atoms with van der Waals surface area (Å²) >= 11 is 0. The first-order valence-electron chi connectivity index (χ1n) is 7.58. The Kier molecular flexibility index (Phi) is 4.12. The Morgan fingerprint density at radius 1 is 1.52 bits per heavy atom. The van der Waals surface area contributed by atoms with E-state index in [1.54, 1.807) is 12.1 Å². The number of rotatable bonds is 6. The molecule has 2 aromatic rings. The standard InChI is InChI=1S/C16H19FN4O2/c1-16(10-22,12-5-6-12)18-15(23)14-9-21(20-19-14)8-11-3-2-4-13(17)7-11/h2-4,7,9,12,22H,5-6,8,10H2,1H3,(H,18,23). The number of nitrogens with zero attached hydrogens (tertiary/aromatic N) is 3. The van der Waals surface area contributed by atoms with Gasteiger partial charge in [-0.25, -0.2) is 9.07 Å². The number of carbonyl (C=O) groups excluding carboxylic acids is 1. The minimum Gasteiger partial charge on any atom is -0.394 e. The highest BCUT2D eigenvalue weighted by Gasteiger charge is 2.42. The lowest BCUT2D eigenvalue weighted by atomic mass is 9.97. The van der Waals surface area contributed by atoms with E-state index < -0.39 is 5.54 Å². The van der Waals surface area contributed by atoms with Crippen molar-refractivity contribution in [3.63, 3.8) is 0 Å². The summed E-state index contributed by atoms with van der Waals surface area (Å²) in [6.45, 7) is 2.05.